The van der Waals surface area contributed by atoms with Gasteiger partial charge in [-0.1, -0.05) is 59.6 Å². The molecule has 0 unspecified atom stereocenters. The Hall–Kier alpha value is -4.58. The third kappa shape index (κ3) is 5.58. The minimum atomic E-state index is 0.0689. The Labute approximate surface area is 284 Å². The standard InChI is InChI=1S/C40H33Cl2N3O2/c1-25-20-35-36(43-24-32-4-2-17-44(32)40(35)46)23-39(25)47-19-3-18-45-37-15-9-28(26-5-11-30(41)12-6-26)21-33(37)34-22-29(10-16-38(34)45)27-7-13-31(42)14-8-27/h5-16,20-24,32H,2-4,17-19H2,1H3/t32-/m0/s1. The van der Waals surface area contributed by atoms with E-state index in [-0.39, 0.29) is 11.9 Å². The van der Waals surface area contributed by atoms with Crippen LogP contribution in [0.4, 0.5) is 5.69 Å². The molecule has 2 aliphatic heterocycles. The summed E-state index contributed by atoms with van der Waals surface area (Å²) in [4.78, 5) is 19.9. The van der Waals surface area contributed by atoms with Crippen molar-refractivity contribution in [3.8, 4) is 28.0 Å². The SMILES string of the molecule is Cc1cc2c(cc1OCCCn1c3ccc(-c4ccc(Cl)cc4)cc3c3cc(-c4ccc(Cl)cc4)ccc31)N=C[C@@H]1CCCN1C2=O. The van der Waals surface area contributed by atoms with Gasteiger partial charge < -0.3 is 14.2 Å². The highest BCUT2D eigenvalue weighted by Crippen LogP contribution is 2.37. The second kappa shape index (κ2) is 12.2. The molecule has 3 heterocycles. The van der Waals surface area contributed by atoms with Gasteiger partial charge in [-0.2, -0.15) is 0 Å². The van der Waals surface area contributed by atoms with Crippen LogP contribution in [0.15, 0.2) is 102 Å². The van der Waals surface area contributed by atoms with E-state index in [9.17, 15) is 4.79 Å². The molecule has 1 amide bonds. The van der Waals surface area contributed by atoms with Gasteiger partial charge in [0, 0.05) is 57.2 Å². The number of aliphatic imine (C=N–C) groups is 1. The Morgan fingerprint density at radius 2 is 1.38 bits per heavy atom. The normalized spacial score (nSPS) is 15.7. The number of rotatable bonds is 7. The molecular formula is C40H33Cl2N3O2. The summed E-state index contributed by atoms with van der Waals surface area (Å²) in [7, 11) is 0. The number of benzene rings is 5. The zero-order valence-corrected chi connectivity index (χ0v) is 27.6. The van der Waals surface area contributed by atoms with E-state index in [0.29, 0.717) is 17.9 Å². The minimum Gasteiger partial charge on any atom is -0.493 e. The van der Waals surface area contributed by atoms with Gasteiger partial charge in [0.05, 0.1) is 23.9 Å². The summed E-state index contributed by atoms with van der Waals surface area (Å²) in [6, 6.07) is 33.3. The number of hydrogen-bond acceptors (Lipinski definition) is 3. The molecule has 0 N–H and O–H groups in total. The molecule has 0 bridgehead atoms. The molecule has 8 rings (SSSR count). The lowest BCUT2D eigenvalue weighted by atomic mass is 10.0. The highest BCUT2D eigenvalue weighted by molar-refractivity contribution is 6.31. The zero-order valence-electron chi connectivity index (χ0n) is 26.0. The van der Waals surface area contributed by atoms with E-state index in [1.165, 1.54) is 21.8 Å². The van der Waals surface area contributed by atoms with Crippen molar-refractivity contribution in [3.63, 3.8) is 0 Å². The molecular weight excluding hydrogens is 625 g/mol. The Morgan fingerprint density at radius 3 is 2.00 bits per heavy atom. The molecule has 1 aromatic heterocycles. The van der Waals surface area contributed by atoms with Gasteiger partial charge in [-0.05, 0) is 109 Å². The molecule has 0 radical (unpaired) electrons. The zero-order chi connectivity index (χ0) is 32.1. The summed E-state index contributed by atoms with van der Waals surface area (Å²) in [5.74, 6) is 0.845. The van der Waals surface area contributed by atoms with E-state index in [1.807, 2.05) is 54.4 Å². The lowest BCUT2D eigenvalue weighted by Gasteiger charge is -2.20. The van der Waals surface area contributed by atoms with Gasteiger partial charge in [-0.15, -0.1) is 0 Å². The molecule has 7 heteroatoms. The van der Waals surface area contributed by atoms with Crippen LogP contribution < -0.4 is 4.74 Å². The van der Waals surface area contributed by atoms with E-state index in [2.05, 4.69) is 65.2 Å². The molecule has 234 valence electrons. The number of amides is 1. The largest absolute Gasteiger partial charge is 0.493 e. The van der Waals surface area contributed by atoms with Crippen molar-refractivity contribution in [1.29, 1.82) is 0 Å². The lowest BCUT2D eigenvalue weighted by Crippen LogP contribution is -2.35. The average molecular weight is 659 g/mol. The van der Waals surface area contributed by atoms with Gasteiger partial charge in [0.2, 0.25) is 0 Å². The topological polar surface area (TPSA) is 46.8 Å². The van der Waals surface area contributed by atoms with E-state index in [1.54, 1.807) is 0 Å². The predicted octanol–water partition coefficient (Wildman–Crippen LogP) is 10.5. The van der Waals surface area contributed by atoms with Crippen LogP contribution in [0.2, 0.25) is 10.0 Å². The van der Waals surface area contributed by atoms with Crippen LogP contribution in [-0.2, 0) is 6.54 Å². The van der Waals surface area contributed by atoms with Crippen LogP contribution in [0.1, 0.15) is 35.2 Å². The van der Waals surface area contributed by atoms with E-state index in [4.69, 9.17) is 32.9 Å². The lowest BCUT2D eigenvalue weighted by molar-refractivity contribution is 0.0774. The second-order valence-electron chi connectivity index (χ2n) is 12.5. The maximum atomic E-state index is 13.2. The summed E-state index contributed by atoms with van der Waals surface area (Å²) in [6.07, 6.45) is 4.73. The van der Waals surface area contributed by atoms with Crippen molar-refractivity contribution < 1.29 is 9.53 Å². The smallest absolute Gasteiger partial charge is 0.256 e. The van der Waals surface area contributed by atoms with Gasteiger partial charge in [0.1, 0.15) is 5.75 Å². The number of fused-ring (bicyclic) bond motifs is 5. The molecule has 6 aromatic rings. The summed E-state index contributed by atoms with van der Waals surface area (Å²) in [5.41, 5.74) is 9.22. The Balaban J connectivity index is 1.09. The number of aryl methyl sites for hydroxylation is 2. The first-order valence-electron chi connectivity index (χ1n) is 16.1. The van der Waals surface area contributed by atoms with Crippen LogP contribution in [0.3, 0.4) is 0 Å². The fourth-order valence-electron chi connectivity index (χ4n) is 7.03. The number of halogens is 2. The predicted molar refractivity (Wildman–Crippen MR) is 194 cm³/mol. The highest BCUT2D eigenvalue weighted by atomic mass is 35.5. The maximum Gasteiger partial charge on any atom is 0.256 e. The minimum absolute atomic E-state index is 0.0689. The van der Waals surface area contributed by atoms with Crippen LogP contribution >= 0.6 is 23.2 Å². The monoisotopic (exact) mass is 657 g/mol. The van der Waals surface area contributed by atoms with Crippen LogP contribution in [0, 0.1) is 6.92 Å². The van der Waals surface area contributed by atoms with Crippen molar-refractivity contribution in [2.75, 3.05) is 13.2 Å². The molecule has 47 heavy (non-hydrogen) atoms. The Bertz CT molecular complexity index is 2080. The summed E-state index contributed by atoms with van der Waals surface area (Å²) in [5, 5.41) is 3.86. The van der Waals surface area contributed by atoms with Crippen LogP contribution in [0.5, 0.6) is 5.75 Å². The van der Waals surface area contributed by atoms with Gasteiger partial charge in [0.25, 0.3) is 5.91 Å². The molecule has 1 atom stereocenters. The van der Waals surface area contributed by atoms with Crippen LogP contribution in [0.25, 0.3) is 44.1 Å². The fraction of sp³-hybridized carbons (Fsp3) is 0.200. The third-order valence-electron chi connectivity index (χ3n) is 9.47. The van der Waals surface area contributed by atoms with Gasteiger partial charge >= 0.3 is 0 Å². The molecule has 0 aliphatic carbocycles. The molecule has 2 aliphatic rings. The molecule has 1 fully saturated rings. The number of nitrogens with zero attached hydrogens (tertiary/aromatic N) is 3. The number of ether oxygens (including phenoxy) is 1. The number of hydrogen-bond donors (Lipinski definition) is 0. The molecule has 0 spiro atoms. The van der Waals surface area contributed by atoms with Crippen molar-refractivity contribution >= 4 is 62.8 Å². The van der Waals surface area contributed by atoms with Gasteiger partial charge in [0.15, 0.2) is 0 Å². The average Bonchev–Trinajstić information content (AvgIpc) is 3.65. The third-order valence-corrected chi connectivity index (χ3v) is 9.98. The van der Waals surface area contributed by atoms with Crippen molar-refractivity contribution in [2.24, 2.45) is 4.99 Å². The first kappa shape index (κ1) is 29.8. The number of carbonyl (C=O) groups excluding carboxylic acids is 1. The summed E-state index contributed by atoms with van der Waals surface area (Å²) >= 11 is 12.4. The first-order chi connectivity index (χ1) is 22.9. The first-order valence-corrected chi connectivity index (χ1v) is 16.9. The Kier molecular flexibility index (Phi) is 7.75. The summed E-state index contributed by atoms with van der Waals surface area (Å²) < 4.78 is 8.73. The van der Waals surface area contributed by atoms with E-state index in [0.717, 1.165) is 76.0 Å². The van der Waals surface area contributed by atoms with Gasteiger partial charge in [-0.25, -0.2) is 0 Å². The summed E-state index contributed by atoms with van der Waals surface area (Å²) in [6.45, 7) is 4.12. The van der Waals surface area contributed by atoms with Crippen molar-refractivity contribution in [1.82, 2.24) is 9.47 Å². The molecule has 5 nitrogen and oxygen atoms in total. The number of carbonyl (C=O) groups is 1. The van der Waals surface area contributed by atoms with E-state index >= 15 is 0 Å². The molecule has 5 aromatic carbocycles. The fourth-order valence-corrected chi connectivity index (χ4v) is 7.28. The highest BCUT2D eigenvalue weighted by Gasteiger charge is 2.32. The van der Waals surface area contributed by atoms with Crippen molar-refractivity contribution in [2.45, 2.75) is 38.8 Å². The number of aromatic nitrogens is 1. The van der Waals surface area contributed by atoms with E-state index < -0.39 is 0 Å². The quantitative estimate of drug-likeness (QED) is 0.160. The van der Waals surface area contributed by atoms with Crippen LogP contribution in [-0.4, -0.2) is 40.8 Å². The van der Waals surface area contributed by atoms with Crippen molar-refractivity contribution in [3.05, 3.63) is 118 Å². The second-order valence-corrected chi connectivity index (χ2v) is 13.3. The Morgan fingerprint density at radius 1 is 0.787 bits per heavy atom. The molecule has 0 saturated carbocycles. The maximum absolute atomic E-state index is 13.2. The van der Waals surface area contributed by atoms with Gasteiger partial charge in [-0.3, -0.25) is 9.79 Å². The molecule has 1 saturated heterocycles.